The van der Waals surface area contributed by atoms with Gasteiger partial charge in [0.25, 0.3) is 10.0 Å². The van der Waals surface area contributed by atoms with Crippen molar-refractivity contribution >= 4 is 16.0 Å². The van der Waals surface area contributed by atoms with Crippen LogP contribution in [0.15, 0.2) is 23.4 Å². The SMILES string of the molecule is CCOc1n[nH]c(NS(=O)(=O)c2ccn(C)c2)n1. The van der Waals surface area contributed by atoms with E-state index in [0.717, 1.165) is 0 Å². The van der Waals surface area contributed by atoms with E-state index in [9.17, 15) is 8.42 Å². The van der Waals surface area contributed by atoms with E-state index in [1.807, 2.05) is 0 Å². The van der Waals surface area contributed by atoms with Crippen molar-refractivity contribution in [2.45, 2.75) is 11.8 Å². The number of aromatic amines is 1. The van der Waals surface area contributed by atoms with Gasteiger partial charge in [-0.15, -0.1) is 5.10 Å². The summed E-state index contributed by atoms with van der Waals surface area (Å²) in [6.45, 7) is 2.19. The molecule has 0 aliphatic heterocycles. The Morgan fingerprint density at radius 2 is 2.33 bits per heavy atom. The zero-order valence-electron chi connectivity index (χ0n) is 9.91. The van der Waals surface area contributed by atoms with Gasteiger partial charge in [-0.2, -0.15) is 4.98 Å². The highest BCUT2D eigenvalue weighted by atomic mass is 32.2. The fraction of sp³-hybridized carbons (Fsp3) is 0.333. The third kappa shape index (κ3) is 2.62. The van der Waals surface area contributed by atoms with Crippen LogP contribution in [-0.2, 0) is 17.1 Å². The van der Waals surface area contributed by atoms with E-state index < -0.39 is 10.0 Å². The van der Waals surface area contributed by atoms with Gasteiger partial charge in [0, 0.05) is 19.4 Å². The van der Waals surface area contributed by atoms with Crippen molar-refractivity contribution in [2.24, 2.45) is 7.05 Å². The lowest BCUT2D eigenvalue weighted by molar-refractivity contribution is 0.314. The zero-order chi connectivity index (χ0) is 13.2. The van der Waals surface area contributed by atoms with Crippen LogP contribution in [0.4, 0.5) is 5.95 Å². The summed E-state index contributed by atoms with van der Waals surface area (Å²) in [7, 11) is -1.92. The van der Waals surface area contributed by atoms with Crippen molar-refractivity contribution < 1.29 is 13.2 Å². The number of hydrogen-bond donors (Lipinski definition) is 2. The van der Waals surface area contributed by atoms with E-state index in [1.54, 1.807) is 24.7 Å². The zero-order valence-corrected chi connectivity index (χ0v) is 10.7. The highest BCUT2D eigenvalue weighted by Gasteiger charge is 2.17. The van der Waals surface area contributed by atoms with Crippen LogP contribution in [0.25, 0.3) is 0 Å². The normalized spacial score (nSPS) is 11.4. The molecule has 0 aliphatic rings. The average Bonchev–Trinajstić information content (AvgIpc) is 2.88. The Morgan fingerprint density at radius 1 is 1.56 bits per heavy atom. The summed E-state index contributed by atoms with van der Waals surface area (Å²) in [5, 5.41) is 6.14. The van der Waals surface area contributed by atoms with Gasteiger partial charge in [-0.1, -0.05) is 0 Å². The molecule has 98 valence electrons. The third-order valence-electron chi connectivity index (χ3n) is 2.08. The molecule has 0 atom stereocenters. The number of aromatic nitrogens is 4. The molecule has 0 fully saturated rings. The lowest BCUT2D eigenvalue weighted by Crippen LogP contribution is -2.13. The van der Waals surface area contributed by atoms with Gasteiger partial charge < -0.3 is 9.30 Å². The molecule has 0 unspecified atom stereocenters. The first kappa shape index (κ1) is 12.4. The topological polar surface area (TPSA) is 102 Å². The molecule has 2 aromatic heterocycles. The molecule has 8 nitrogen and oxygen atoms in total. The Balaban J connectivity index is 2.17. The number of nitrogens with zero attached hydrogens (tertiary/aromatic N) is 3. The smallest absolute Gasteiger partial charge is 0.337 e. The lowest BCUT2D eigenvalue weighted by Gasteiger charge is -2.01. The summed E-state index contributed by atoms with van der Waals surface area (Å²) in [4.78, 5) is 3.98. The monoisotopic (exact) mass is 271 g/mol. The maximum atomic E-state index is 11.9. The average molecular weight is 271 g/mol. The predicted octanol–water partition coefficient (Wildman–Crippen LogP) is 0.343. The van der Waals surface area contributed by atoms with E-state index in [0.29, 0.717) is 6.61 Å². The van der Waals surface area contributed by atoms with Crippen LogP contribution in [0, 0.1) is 0 Å². The van der Waals surface area contributed by atoms with E-state index in [2.05, 4.69) is 19.9 Å². The second-order valence-corrected chi connectivity index (χ2v) is 5.20. The van der Waals surface area contributed by atoms with Crippen LogP contribution in [0.5, 0.6) is 6.01 Å². The number of sulfonamides is 1. The van der Waals surface area contributed by atoms with Gasteiger partial charge in [0.05, 0.1) is 6.61 Å². The van der Waals surface area contributed by atoms with E-state index in [-0.39, 0.29) is 16.9 Å². The summed E-state index contributed by atoms with van der Waals surface area (Å²) in [6.07, 6.45) is 3.13. The minimum Gasteiger partial charge on any atom is -0.463 e. The molecule has 18 heavy (non-hydrogen) atoms. The molecule has 0 aromatic carbocycles. The molecule has 0 aliphatic carbocycles. The van der Waals surface area contributed by atoms with Crippen LogP contribution in [0.1, 0.15) is 6.92 Å². The summed E-state index contributed by atoms with van der Waals surface area (Å²) in [5.74, 6) is 0.0160. The maximum absolute atomic E-state index is 11.9. The highest BCUT2D eigenvalue weighted by Crippen LogP contribution is 2.14. The van der Waals surface area contributed by atoms with E-state index in [4.69, 9.17) is 4.74 Å². The molecule has 2 aromatic rings. The van der Waals surface area contributed by atoms with Gasteiger partial charge in [-0.25, -0.2) is 18.2 Å². The van der Waals surface area contributed by atoms with Crippen LogP contribution >= 0.6 is 0 Å². The Hall–Kier alpha value is -2.03. The molecule has 2 N–H and O–H groups in total. The van der Waals surface area contributed by atoms with Gasteiger partial charge in [-0.3, -0.25) is 0 Å². The first-order valence-corrected chi connectivity index (χ1v) is 6.69. The summed E-state index contributed by atoms with van der Waals surface area (Å²) in [6, 6.07) is 1.59. The lowest BCUT2D eigenvalue weighted by atomic mass is 10.7. The van der Waals surface area contributed by atoms with Crippen LogP contribution < -0.4 is 9.46 Å². The van der Waals surface area contributed by atoms with Gasteiger partial charge in [0.2, 0.25) is 5.95 Å². The standard InChI is InChI=1S/C9H13N5O3S/c1-3-17-9-10-8(11-12-9)13-18(15,16)7-4-5-14(2)6-7/h4-6H,3H2,1-2H3,(H2,10,11,12,13). The number of rotatable bonds is 5. The molecule has 2 rings (SSSR count). The highest BCUT2D eigenvalue weighted by molar-refractivity contribution is 7.92. The van der Waals surface area contributed by atoms with E-state index >= 15 is 0 Å². The molecule has 0 amide bonds. The second-order valence-electron chi connectivity index (χ2n) is 3.52. The second kappa shape index (κ2) is 4.69. The summed E-state index contributed by atoms with van der Waals surface area (Å²) >= 11 is 0. The van der Waals surface area contributed by atoms with Gasteiger partial charge in [-0.05, 0) is 13.0 Å². The van der Waals surface area contributed by atoms with Crippen LogP contribution in [-0.4, -0.2) is 34.8 Å². The molecule has 9 heteroatoms. The summed E-state index contributed by atoms with van der Waals surface area (Å²) < 4.78 is 32.8. The third-order valence-corrected chi connectivity index (χ3v) is 3.41. The molecule has 0 bridgehead atoms. The Bertz CT molecular complexity index is 630. The van der Waals surface area contributed by atoms with Crippen LogP contribution in [0.3, 0.4) is 0 Å². The number of H-pyrrole nitrogens is 1. The minimum absolute atomic E-state index is 0.0160. The fourth-order valence-electron chi connectivity index (χ4n) is 1.31. The Kier molecular flexibility index (Phi) is 3.24. The van der Waals surface area contributed by atoms with Gasteiger partial charge in [0.15, 0.2) is 0 Å². The predicted molar refractivity (Wildman–Crippen MR) is 63.8 cm³/mol. The molecular formula is C9H13N5O3S. The molecule has 0 saturated carbocycles. The molecule has 0 spiro atoms. The fourth-order valence-corrected chi connectivity index (χ4v) is 2.32. The van der Waals surface area contributed by atoms with Crippen molar-refractivity contribution in [3.63, 3.8) is 0 Å². The van der Waals surface area contributed by atoms with Crippen molar-refractivity contribution in [3.8, 4) is 6.01 Å². The Labute approximate surface area is 104 Å². The van der Waals surface area contributed by atoms with Crippen molar-refractivity contribution in [1.29, 1.82) is 0 Å². The molecule has 0 saturated heterocycles. The number of ether oxygens (including phenoxy) is 1. The maximum Gasteiger partial charge on any atom is 0.337 e. The number of aryl methyl sites for hydroxylation is 1. The van der Waals surface area contributed by atoms with Crippen molar-refractivity contribution in [1.82, 2.24) is 19.7 Å². The van der Waals surface area contributed by atoms with Gasteiger partial charge >= 0.3 is 6.01 Å². The quantitative estimate of drug-likeness (QED) is 0.816. The largest absolute Gasteiger partial charge is 0.463 e. The van der Waals surface area contributed by atoms with Crippen LogP contribution in [0.2, 0.25) is 0 Å². The Morgan fingerprint density at radius 3 is 2.94 bits per heavy atom. The van der Waals surface area contributed by atoms with E-state index in [1.165, 1.54) is 12.3 Å². The van der Waals surface area contributed by atoms with Gasteiger partial charge in [0.1, 0.15) is 4.90 Å². The van der Waals surface area contributed by atoms with Crippen molar-refractivity contribution in [3.05, 3.63) is 18.5 Å². The number of nitrogens with one attached hydrogen (secondary N) is 2. The molecular weight excluding hydrogens is 258 g/mol. The number of anilines is 1. The first-order chi connectivity index (χ1) is 8.51. The number of hydrogen-bond acceptors (Lipinski definition) is 5. The first-order valence-electron chi connectivity index (χ1n) is 5.21. The molecule has 2 heterocycles. The molecule has 0 radical (unpaired) electrons. The minimum atomic E-state index is -3.65. The van der Waals surface area contributed by atoms with Crippen molar-refractivity contribution in [2.75, 3.05) is 11.3 Å². The summed E-state index contributed by atoms with van der Waals surface area (Å²) in [5.41, 5.74) is 0.